The van der Waals surface area contributed by atoms with Crippen molar-refractivity contribution in [3.63, 3.8) is 0 Å². The fraction of sp³-hybridized carbons (Fsp3) is 0.533. The van der Waals surface area contributed by atoms with Crippen molar-refractivity contribution >= 4 is 17.7 Å². The van der Waals surface area contributed by atoms with Crippen LogP contribution >= 0.6 is 11.8 Å². The minimum atomic E-state index is 0.358. The molecule has 0 saturated carbocycles. The summed E-state index contributed by atoms with van der Waals surface area (Å²) in [5.74, 6) is 3.38. The maximum Gasteiger partial charge on any atom is 0.223 e. The van der Waals surface area contributed by atoms with Gasteiger partial charge in [0, 0.05) is 19.0 Å². The molecule has 0 N–H and O–H groups in total. The predicted molar refractivity (Wildman–Crippen MR) is 75.4 cm³/mol. The third kappa shape index (κ3) is 2.41. The number of carbonyl (C=O) groups excluding carboxylic acids is 1. The Bertz CT molecular complexity index is 420. The van der Waals surface area contributed by atoms with E-state index in [1.165, 1.54) is 29.9 Å². The van der Waals surface area contributed by atoms with Crippen LogP contribution in [0.25, 0.3) is 0 Å². The fourth-order valence-electron chi connectivity index (χ4n) is 3.09. The molecule has 2 atom stereocenters. The molecule has 0 spiro atoms. The fourth-order valence-corrected chi connectivity index (χ4v) is 4.27. The van der Waals surface area contributed by atoms with Crippen LogP contribution in [0.3, 0.4) is 0 Å². The van der Waals surface area contributed by atoms with Crippen LogP contribution in [0.2, 0.25) is 0 Å². The molecule has 1 aromatic carbocycles. The van der Waals surface area contributed by atoms with E-state index in [0.717, 1.165) is 13.0 Å². The van der Waals surface area contributed by atoms with E-state index >= 15 is 0 Å². The Morgan fingerprint density at radius 1 is 1.28 bits per heavy atom. The van der Waals surface area contributed by atoms with E-state index in [1.54, 1.807) is 0 Å². The second kappa shape index (κ2) is 5.35. The smallest absolute Gasteiger partial charge is 0.223 e. The van der Waals surface area contributed by atoms with Gasteiger partial charge in [0.05, 0.1) is 0 Å². The summed E-state index contributed by atoms with van der Waals surface area (Å²) in [6.07, 6.45) is 3.21. The van der Waals surface area contributed by atoms with E-state index in [-0.39, 0.29) is 0 Å². The minimum Gasteiger partial charge on any atom is -0.335 e. The van der Waals surface area contributed by atoms with Crippen LogP contribution < -0.4 is 0 Å². The van der Waals surface area contributed by atoms with Gasteiger partial charge in [0.25, 0.3) is 0 Å². The Kier molecular flexibility index (Phi) is 3.59. The lowest BCUT2D eigenvalue weighted by atomic mass is 9.98. The molecule has 2 heterocycles. The van der Waals surface area contributed by atoms with Crippen molar-refractivity contribution in [1.29, 1.82) is 0 Å². The van der Waals surface area contributed by atoms with E-state index in [0.29, 0.717) is 17.9 Å². The molecule has 2 nitrogen and oxygen atoms in total. The zero-order valence-corrected chi connectivity index (χ0v) is 11.4. The number of likely N-dealkylation sites (tertiary alicyclic amines) is 1. The highest BCUT2D eigenvalue weighted by Crippen LogP contribution is 2.35. The largest absolute Gasteiger partial charge is 0.335 e. The van der Waals surface area contributed by atoms with Crippen LogP contribution in [0.5, 0.6) is 0 Å². The van der Waals surface area contributed by atoms with Gasteiger partial charge >= 0.3 is 0 Å². The highest BCUT2D eigenvalue weighted by Gasteiger charge is 2.39. The zero-order chi connectivity index (χ0) is 12.4. The van der Waals surface area contributed by atoms with Gasteiger partial charge in [-0.1, -0.05) is 30.3 Å². The molecule has 0 aliphatic carbocycles. The number of amides is 1. The number of fused-ring (bicyclic) bond motifs is 1. The number of nitrogens with zero attached hydrogens (tertiary/aromatic N) is 1. The molecule has 0 radical (unpaired) electrons. The van der Waals surface area contributed by atoms with Crippen molar-refractivity contribution in [2.45, 2.75) is 31.8 Å². The first-order chi connectivity index (χ1) is 8.84. The average molecular weight is 261 g/mol. The SMILES string of the molecule is O=C1C[C@H]2CSCCC[C@@H]2N1Cc1ccccc1. The quantitative estimate of drug-likeness (QED) is 0.816. The van der Waals surface area contributed by atoms with Gasteiger partial charge in [-0.3, -0.25) is 4.79 Å². The summed E-state index contributed by atoms with van der Waals surface area (Å²) in [7, 11) is 0. The van der Waals surface area contributed by atoms with Crippen molar-refractivity contribution in [3.8, 4) is 0 Å². The van der Waals surface area contributed by atoms with Gasteiger partial charge in [-0.05, 0) is 35.8 Å². The topological polar surface area (TPSA) is 20.3 Å². The first-order valence-corrected chi connectivity index (χ1v) is 7.91. The predicted octanol–water partition coefficient (Wildman–Crippen LogP) is 2.93. The molecule has 2 aliphatic rings. The van der Waals surface area contributed by atoms with Gasteiger partial charge < -0.3 is 4.90 Å². The first-order valence-electron chi connectivity index (χ1n) is 6.76. The molecule has 0 unspecified atom stereocenters. The third-order valence-corrected chi connectivity index (χ3v) is 5.26. The standard InChI is InChI=1S/C15H19NOS/c17-15-9-13-11-18-8-4-7-14(13)16(15)10-12-5-2-1-3-6-12/h1-3,5-6,13-14H,4,7-11H2/t13-,14-/m0/s1. The lowest BCUT2D eigenvalue weighted by molar-refractivity contribution is -0.129. The van der Waals surface area contributed by atoms with Crippen LogP contribution in [0.1, 0.15) is 24.8 Å². The summed E-state index contributed by atoms with van der Waals surface area (Å²) in [6, 6.07) is 10.9. The highest BCUT2D eigenvalue weighted by atomic mass is 32.2. The summed E-state index contributed by atoms with van der Waals surface area (Å²) in [6.45, 7) is 0.797. The van der Waals surface area contributed by atoms with Crippen molar-refractivity contribution in [2.24, 2.45) is 5.92 Å². The monoisotopic (exact) mass is 261 g/mol. The molecule has 18 heavy (non-hydrogen) atoms. The number of thioether (sulfide) groups is 1. The summed E-state index contributed by atoms with van der Waals surface area (Å²) in [4.78, 5) is 14.3. The van der Waals surface area contributed by atoms with Crippen LogP contribution in [0.4, 0.5) is 0 Å². The Morgan fingerprint density at radius 3 is 2.94 bits per heavy atom. The molecular formula is C15H19NOS. The Labute approximate surface area is 113 Å². The molecule has 3 heteroatoms. The lowest BCUT2D eigenvalue weighted by Gasteiger charge is -2.26. The molecule has 2 saturated heterocycles. The number of hydrogen-bond donors (Lipinski definition) is 0. The van der Waals surface area contributed by atoms with Crippen molar-refractivity contribution in [1.82, 2.24) is 4.90 Å². The van der Waals surface area contributed by atoms with E-state index < -0.39 is 0 Å². The van der Waals surface area contributed by atoms with E-state index in [2.05, 4.69) is 29.2 Å². The second-order valence-electron chi connectivity index (χ2n) is 5.26. The maximum absolute atomic E-state index is 12.2. The molecule has 0 bridgehead atoms. The molecular weight excluding hydrogens is 242 g/mol. The van der Waals surface area contributed by atoms with Gasteiger partial charge in [0.1, 0.15) is 0 Å². The lowest BCUT2D eigenvalue weighted by Crippen LogP contribution is -2.34. The van der Waals surface area contributed by atoms with Gasteiger partial charge in [-0.25, -0.2) is 0 Å². The second-order valence-corrected chi connectivity index (χ2v) is 6.41. The van der Waals surface area contributed by atoms with Crippen molar-refractivity contribution in [3.05, 3.63) is 35.9 Å². The van der Waals surface area contributed by atoms with Crippen molar-refractivity contribution in [2.75, 3.05) is 11.5 Å². The third-order valence-electron chi connectivity index (χ3n) is 4.02. The van der Waals surface area contributed by atoms with Gasteiger partial charge in [0.15, 0.2) is 0 Å². The number of hydrogen-bond acceptors (Lipinski definition) is 2. The molecule has 2 aliphatic heterocycles. The van der Waals surface area contributed by atoms with Crippen molar-refractivity contribution < 1.29 is 4.79 Å². The normalized spacial score (nSPS) is 28.0. The van der Waals surface area contributed by atoms with Crippen LogP contribution in [0.15, 0.2) is 30.3 Å². The highest BCUT2D eigenvalue weighted by molar-refractivity contribution is 7.99. The van der Waals surface area contributed by atoms with Crippen LogP contribution in [-0.4, -0.2) is 28.4 Å². The molecule has 1 amide bonds. The van der Waals surface area contributed by atoms with E-state index in [1.807, 2.05) is 17.8 Å². The molecule has 0 aromatic heterocycles. The Morgan fingerprint density at radius 2 is 2.11 bits per heavy atom. The molecule has 1 aromatic rings. The van der Waals surface area contributed by atoms with Gasteiger partial charge in [-0.15, -0.1) is 0 Å². The summed E-state index contributed by atoms with van der Waals surface area (Å²) in [5, 5.41) is 0. The number of rotatable bonds is 2. The Hall–Kier alpha value is -0.960. The van der Waals surface area contributed by atoms with Gasteiger partial charge in [0.2, 0.25) is 5.91 Å². The minimum absolute atomic E-state index is 0.358. The first kappa shape index (κ1) is 12.1. The Balaban J connectivity index is 1.76. The molecule has 96 valence electrons. The van der Waals surface area contributed by atoms with E-state index in [9.17, 15) is 4.79 Å². The molecule has 3 rings (SSSR count). The summed E-state index contributed by atoms with van der Waals surface area (Å²) in [5.41, 5.74) is 1.25. The number of carbonyl (C=O) groups is 1. The summed E-state index contributed by atoms with van der Waals surface area (Å²) < 4.78 is 0. The van der Waals surface area contributed by atoms with Gasteiger partial charge in [-0.2, -0.15) is 11.8 Å². The molecule has 2 fully saturated rings. The van der Waals surface area contributed by atoms with E-state index in [4.69, 9.17) is 0 Å². The average Bonchev–Trinajstić information content (AvgIpc) is 2.56. The van der Waals surface area contributed by atoms with Crippen LogP contribution in [-0.2, 0) is 11.3 Å². The maximum atomic E-state index is 12.2. The van der Waals surface area contributed by atoms with Crippen LogP contribution in [0, 0.1) is 5.92 Å². The zero-order valence-electron chi connectivity index (χ0n) is 10.5. The number of benzene rings is 1. The summed E-state index contributed by atoms with van der Waals surface area (Å²) >= 11 is 2.02.